The molecule has 6 aliphatic rings. The number of carbonyl (C=O) groups excluding carboxylic acids is 4. The quantitative estimate of drug-likeness (QED) is 0.175. The number of phenolic OH excluding ortho intramolecular Hbond substituents is 2. The molecule has 0 radical (unpaired) electrons. The Morgan fingerprint density at radius 3 is 1.98 bits per heavy atom. The fourth-order valence-electron chi connectivity index (χ4n) is 9.97. The van der Waals surface area contributed by atoms with Crippen LogP contribution in [0.15, 0.2) is 129 Å². The number of fused-ring (bicyclic) bond motifs is 3. The van der Waals surface area contributed by atoms with Crippen molar-refractivity contribution >= 4 is 29.3 Å². The summed E-state index contributed by atoms with van der Waals surface area (Å²) in [5.74, 6) is -2.40. The molecule has 0 saturated heterocycles. The van der Waals surface area contributed by atoms with Gasteiger partial charge in [-0.25, -0.2) is 4.99 Å². The van der Waals surface area contributed by atoms with E-state index in [1.807, 2.05) is 81.4 Å². The van der Waals surface area contributed by atoms with Crippen LogP contribution in [-0.4, -0.2) is 50.8 Å². The summed E-state index contributed by atoms with van der Waals surface area (Å²) in [6.07, 6.45) is 3.04. The molecule has 0 fully saturated rings. The van der Waals surface area contributed by atoms with E-state index in [-0.39, 0.29) is 75.0 Å². The molecule has 3 aliphatic carbocycles. The summed E-state index contributed by atoms with van der Waals surface area (Å²) < 4.78 is 1.64. The van der Waals surface area contributed by atoms with Crippen LogP contribution >= 0.6 is 0 Å². The van der Waals surface area contributed by atoms with Crippen LogP contribution in [0.5, 0.6) is 11.5 Å². The number of hydrogen-bond acceptors (Lipinski definition) is 9. The highest BCUT2D eigenvalue weighted by Crippen LogP contribution is 2.50. The van der Waals surface area contributed by atoms with Crippen LogP contribution in [0.2, 0.25) is 0 Å². The molecule has 0 amide bonds. The van der Waals surface area contributed by atoms with Gasteiger partial charge in [0.15, 0.2) is 40.8 Å². The Morgan fingerprint density at radius 1 is 0.684 bits per heavy atom. The number of hydrogen-bond donors (Lipinski definition) is 3. The zero-order valence-electron chi connectivity index (χ0n) is 31.7. The Kier molecular flexibility index (Phi) is 7.49. The molecule has 10 heteroatoms. The first-order valence-corrected chi connectivity index (χ1v) is 19.3. The Morgan fingerprint density at radius 2 is 1.30 bits per heavy atom. The minimum absolute atomic E-state index is 0.0326. The second-order valence-electron chi connectivity index (χ2n) is 17.2. The van der Waals surface area contributed by atoms with Crippen molar-refractivity contribution in [3.63, 3.8) is 0 Å². The monoisotopic (exact) mass is 755 g/mol. The molecule has 0 spiro atoms. The second kappa shape index (κ2) is 12.2. The standard InChI is InChI=1S/C47H38N4O6/c1-46(2)18-29-35(31(52)20-46)34(25-14-8-5-9-15-25)38-41(48-29)44(56)28-22-51(50-39(28)45(38)57)23-47(3)19-30-36(32(53)21-47)33(24-12-6-4-7-13-24)37-40(49-30)43(55)27-17-11-10-16-26(27)42(37)54/h4-17,22,33-34H,18-21,23H2,1-3H3,(H2,48,49,52,53,54,57)/p+1. The highest BCUT2D eigenvalue weighted by molar-refractivity contribution is 6.28. The summed E-state index contributed by atoms with van der Waals surface area (Å²) in [6.45, 7) is 6.27. The Labute approximate surface area is 328 Å². The largest absolute Gasteiger partial charge is 0.505 e. The van der Waals surface area contributed by atoms with E-state index < -0.39 is 17.3 Å². The molecule has 282 valence electrons. The Hall–Kier alpha value is -6.55. The third-order valence-corrected chi connectivity index (χ3v) is 12.3. The summed E-state index contributed by atoms with van der Waals surface area (Å²) in [5, 5.41) is 32.5. The maximum absolute atomic E-state index is 14.5. The zero-order chi connectivity index (χ0) is 39.5. The summed E-state index contributed by atoms with van der Waals surface area (Å²) >= 11 is 0. The summed E-state index contributed by atoms with van der Waals surface area (Å²) in [5.41, 5.74) is 4.52. The smallest absolute Gasteiger partial charge is 0.210 e. The van der Waals surface area contributed by atoms with Crippen LogP contribution < -0.4 is 16.0 Å². The molecule has 57 heavy (non-hydrogen) atoms. The predicted molar refractivity (Wildman–Crippen MR) is 210 cm³/mol. The Balaban J connectivity index is 1.04. The number of aromatic hydroxyl groups is 2. The van der Waals surface area contributed by atoms with Crippen molar-refractivity contribution in [3.8, 4) is 11.5 Å². The molecule has 3 heterocycles. The molecule has 3 unspecified atom stereocenters. The van der Waals surface area contributed by atoms with Gasteiger partial charge in [0, 0.05) is 80.0 Å². The second-order valence-corrected chi connectivity index (χ2v) is 17.2. The zero-order valence-corrected chi connectivity index (χ0v) is 31.7. The number of dihydropyridines is 1. The van der Waals surface area contributed by atoms with E-state index in [9.17, 15) is 29.4 Å². The highest BCUT2D eigenvalue weighted by Gasteiger charge is 2.50. The fraction of sp³-hybridized carbons (Fsp3) is 0.255. The number of rotatable bonds is 4. The molecule has 10 rings (SSSR count). The molecule has 0 saturated carbocycles. The van der Waals surface area contributed by atoms with Gasteiger partial charge in [0.1, 0.15) is 10.9 Å². The van der Waals surface area contributed by atoms with Crippen molar-refractivity contribution in [2.24, 2.45) is 20.9 Å². The van der Waals surface area contributed by atoms with Crippen molar-refractivity contribution in [2.45, 2.75) is 58.3 Å². The molecule has 3 atom stereocenters. The van der Waals surface area contributed by atoms with Gasteiger partial charge in [-0.05, 0) is 29.4 Å². The summed E-state index contributed by atoms with van der Waals surface area (Å²) in [6, 6.07) is 25.6. The summed E-state index contributed by atoms with van der Waals surface area (Å²) in [4.78, 5) is 61.3. The number of nitrogens with zero attached hydrogens (tertiary/aromatic N) is 3. The maximum Gasteiger partial charge on any atom is 0.210 e. The van der Waals surface area contributed by atoms with Gasteiger partial charge in [0.2, 0.25) is 12.0 Å². The molecule has 4 aromatic rings. The number of allylic oxidation sites excluding steroid dienone is 6. The fourth-order valence-corrected chi connectivity index (χ4v) is 9.97. The van der Waals surface area contributed by atoms with Crippen molar-refractivity contribution in [3.05, 3.63) is 163 Å². The summed E-state index contributed by atoms with van der Waals surface area (Å²) in [7, 11) is 0. The van der Waals surface area contributed by atoms with E-state index in [0.29, 0.717) is 64.1 Å². The average Bonchev–Trinajstić information content (AvgIpc) is 3.61. The molecule has 4 aromatic carbocycles. The van der Waals surface area contributed by atoms with Gasteiger partial charge in [-0.2, -0.15) is 0 Å². The van der Waals surface area contributed by atoms with E-state index in [2.05, 4.69) is 5.32 Å². The first kappa shape index (κ1) is 34.9. The topological polar surface area (TPSA) is 148 Å². The molecule has 3 N–H and O–H groups in total. The number of carbonyl (C=O) groups is 4. The van der Waals surface area contributed by atoms with Gasteiger partial charge in [0.25, 0.3) is 0 Å². The maximum atomic E-state index is 14.5. The lowest BCUT2D eigenvalue weighted by atomic mass is 9.65. The van der Waals surface area contributed by atoms with Crippen molar-refractivity contribution in [1.29, 1.82) is 0 Å². The number of nitrogens with one attached hydrogen (secondary N) is 1. The van der Waals surface area contributed by atoms with Gasteiger partial charge in [0.05, 0.1) is 5.70 Å². The molecule has 0 bridgehead atoms. The first-order chi connectivity index (χ1) is 27.3. The number of phenols is 2. The van der Waals surface area contributed by atoms with Gasteiger partial charge >= 0.3 is 0 Å². The van der Waals surface area contributed by atoms with Gasteiger partial charge < -0.3 is 15.5 Å². The van der Waals surface area contributed by atoms with Gasteiger partial charge in [-0.1, -0.05) is 110 Å². The van der Waals surface area contributed by atoms with Crippen LogP contribution in [0.3, 0.4) is 0 Å². The minimum atomic E-state index is -0.718. The Bertz CT molecular complexity index is 2830. The van der Waals surface area contributed by atoms with Crippen LogP contribution in [-0.2, 0) is 9.59 Å². The van der Waals surface area contributed by atoms with Crippen molar-refractivity contribution in [1.82, 2.24) is 5.32 Å². The predicted octanol–water partition coefficient (Wildman–Crippen LogP) is 5.83. The van der Waals surface area contributed by atoms with Crippen LogP contribution in [0, 0.1) is 10.8 Å². The van der Waals surface area contributed by atoms with E-state index >= 15 is 0 Å². The van der Waals surface area contributed by atoms with Crippen molar-refractivity contribution in [2.75, 3.05) is 6.54 Å². The van der Waals surface area contributed by atoms with Gasteiger partial charge in [-0.3, -0.25) is 19.2 Å². The van der Waals surface area contributed by atoms with Crippen LogP contribution in [0.25, 0.3) is 0 Å². The van der Waals surface area contributed by atoms with E-state index in [1.54, 1.807) is 35.2 Å². The number of benzene rings is 4. The SMILES string of the molecule is CC1(C)CC(=O)C2=C(C1)N=c1c(O)c3c(c(O)c1C2c1ccccc1)=N[N+](CC1(C)CC(=O)C2=C(C1)NC1=C(C(=O)c4ccccc4C1=O)C2c1ccccc1)=C3. The van der Waals surface area contributed by atoms with E-state index in [0.717, 1.165) is 11.1 Å². The lowest BCUT2D eigenvalue weighted by Crippen LogP contribution is -2.44. The van der Waals surface area contributed by atoms with Crippen LogP contribution in [0.4, 0.5) is 0 Å². The third-order valence-electron chi connectivity index (χ3n) is 12.3. The molecule has 10 nitrogen and oxygen atoms in total. The molecule has 0 aromatic heterocycles. The lowest BCUT2D eigenvalue weighted by Gasteiger charge is -2.41. The normalized spacial score (nSPS) is 24.3. The number of ketones is 4. The minimum Gasteiger partial charge on any atom is -0.505 e. The van der Waals surface area contributed by atoms with Crippen molar-refractivity contribution < 1.29 is 34.1 Å². The third kappa shape index (κ3) is 5.26. The molecular weight excluding hydrogens is 717 g/mol. The first-order valence-electron chi connectivity index (χ1n) is 19.3. The average molecular weight is 756 g/mol. The lowest BCUT2D eigenvalue weighted by molar-refractivity contribution is -0.544. The van der Waals surface area contributed by atoms with Gasteiger partial charge in [-0.15, -0.1) is 0 Å². The van der Waals surface area contributed by atoms with Crippen LogP contribution in [0.1, 0.15) is 101 Å². The highest BCUT2D eigenvalue weighted by atomic mass is 16.3. The molecular formula is C47H39N4O6+. The molecule has 3 aliphatic heterocycles. The van der Waals surface area contributed by atoms with E-state index in [4.69, 9.17) is 10.1 Å². The van der Waals surface area contributed by atoms with E-state index in [1.165, 1.54) is 0 Å². The number of Topliss-reactive ketones (excluding diaryl/α,β-unsaturated/α-hetero) is 4.